The SMILES string of the molecule is c1ccc(CNc2nc3nonc3nc2N2CCCCCC2)nc1. The number of nitrogens with zero attached hydrogens (tertiary/aromatic N) is 6. The summed E-state index contributed by atoms with van der Waals surface area (Å²) < 4.78 is 4.77. The lowest BCUT2D eigenvalue weighted by Gasteiger charge is -2.23. The molecule has 24 heavy (non-hydrogen) atoms. The van der Waals surface area contributed by atoms with E-state index >= 15 is 0 Å². The Kier molecular flexibility index (Phi) is 4.18. The highest BCUT2D eigenvalue weighted by Crippen LogP contribution is 2.26. The van der Waals surface area contributed by atoms with E-state index in [4.69, 9.17) is 4.63 Å². The average molecular weight is 325 g/mol. The Morgan fingerprint density at radius 2 is 1.79 bits per heavy atom. The molecule has 0 saturated carbocycles. The van der Waals surface area contributed by atoms with Gasteiger partial charge in [-0.15, -0.1) is 0 Å². The Bertz CT molecular complexity index is 797. The molecule has 0 aliphatic carbocycles. The summed E-state index contributed by atoms with van der Waals surface area (Å²) >= 11 is 0. The predicted molar refractivity (Wildman–Crippen MR) is 89.6 cm³/mol. The van der Waals surface area contributed by atoms with Crippen LogP contribution >= 0.6 is 0 Å². The molecule has 1 N–H and O–H groups in total. The van der Waals surface area contributed by atoms with Crippen molar-refractivity contribution in [3.8, 4) is 0 Å². The van der Waals surface area contributed by atoms with Gasteiger partial charge >= 0.3 is 0 Å². The molecule has 8 heteroatoms. The normalized spacial score (nSPS) is 15.4. The van der Waals surface area contributed by atoms with Gasteiger partial charge in [0.05, 0.1) is 12.2 Å². The summed E-state index contributed by atoms with van der Waals surface area (Å²) in [6, 6.07) is 5.84. The van der Waals surface area contributed by atoms with Crippen molar-refractivity contribution < 1.29 is 4.63 Å². The van der Waals surface area contributed by atoms with E-state index < -0.39 is 0 Å². The van der Waals surface area contributed by atoms with Gasteiger partial charge in [0.1, 0.15) is 0 Å². The van der Waals surface area contributed by atoms with E-state index in [-0.39, 0.29) is 0 Å². The van der Waals surface area contributed by atoms with Crippen LogP contribution in [-0.4, -0.2) is 38.4 Å². The number of rotatable bonds is 4. The second kappa shape index (κ2) is 6.77. The lowest BCUT2D eigenvalue weighted by Crippen LogP contribution is -2.26. The molecule has 4 heterocycles. The van der Waals surface area contributed by atoms with Gasteiger partial charge in [-0.2, -0.15) is 0 Å². The van der Waals surface area contributed by atoms with Gasteiger partial charge in [-0.25, -0.2) is 14.6 Å². The van der Waals surface area contributed by atoms with E-state index in [9.17, 15) is 0 Å². The molecule has 0 spiro atoms. The van der Waals surface area contributed by atoms with Crippen molar-refractivity contribution in [1.29, 1.82) is 0 Å². The van der Waals surface area contributed by atoms with Crippen LogP contribution in [0.25, 0.3) is 11.3 Å². The molecule has 0 amide bonds. The fraction of sp³-hybridized carbons (Fsp3) is 0.438. The van der Waals surface area contributed by atoms with Crippen molar-refractivity contribution in [2.75, 3.05) is 23.3 Å². The third-order valence-electron chi connectivity index (χ3n) is 4.16. The van der Waals surface area contributed by atoms with Crippen molar-refractivity contribution in [3.05, 3.63) is 30.1 Å². The molecule has 3 aromatic heterocycles. The van der Waals surface area contributed by atoms with Gasteiger partial charge in [-0.3, -0.25) is 4.98 Å². The molecular formula is C16H19N7O. The second-order valence-electron chi connectivity index (χ2n) is 5.88. The highest BCUT2D eigenvalue weighted by atomic mass is 16.6. The second-order valence-corrected chi connectivity index (χ2v) is 5.88. The number of nitrogens with one attached hydrogen (secondary N) is 1. The molecule has 4 rings (SSSR count). The number of anilines is 2. The minimum atomic E-state index is 0.414. The monoisotopic (exact) mass is 325 g/mol. The van der Waals surface area contributed by atoms with Gasteiger partial charge in [0.15, 0.2) is 11.6 Å². The molecule has 0 aromatic carbocycles. The van der Waals surface area contributed by atoms with E-state index in [0.29, 0.717) is 23.7 Å². The molecule has 1 saturated heterocycles. The number of hydrogen-bond acceptors (Lipinski definition) is 8. The Balaban J connectivity index is 1.64. The third kappa shape index (κ3) is 3.12. The van der Waals surface area contributed by atoms with E-state index in [0.717, 1.165) is 37.4 Å². The standard InChI is InChI=1S/C16H19N7O/c1-2-6-10-23(9-5-1)16-15(18-11-12-7-3-4-8-17-12)19-13-14(20-16)22-24-21-13/h3-4,7-8H,1-2,5-6,9-11H2,(H,18,19,21). The largest absolute Gasteiger partial charge is 0.361 e. The molecule has 1 fully saturated rings. The fourth-order valence-corrected chi connectivity index (χ4v) is 2.93. The van der Waals surface area contributed by atoms with Crippen LogP contribution in [0.3, 0.4) is 0 Å². The maximum Gasteiger partial charge on any atom is 0.245 e. The van der Waals surface area contributed by atoms with Crippen LogP contribution in [0, 0.1) is 0 Å². The molecule has 0 unspecified atom stereocenters. The van der Waals surface area contributed by atoms with Gasteiger partial charge in [-0.05, 0) is 35.3 Å². The van der Waals surface area contributed by atoms with Crippen LogP contribution in [0.1, 0.15) is 31.4 Å². The topological polar surface area (TPSA) is 92.9 Å². The minimum absolute atomic E-state index is 0.414. The highest BCUT2D eigenvalue weighted by molar-refractivity contribution is 5.74. The number of fused-ring (bicyclic) bond motifs is 1. The Hall–Kier alpha value is -2.77. The molecule has 3 aromatic rings. The van der Waals surface area contributed by atoms with Crippen molar-refractivity contribution in [1.82, 2.24) is 25.3 Å². The highest BCUT2D eigenvalue weighted by Gasteiger charge is 2.19. The fourth-order valence-electron chi connectivity index (χ4n) is 2.93. The maximum atomic E-state index is 4.77. The molecule has 8 nitrogen and oxygen atoms in total. The lowest BCUT2D eigenvalue weighted by atomic mass is 10.2. The van der Waals surface area contributed by atoms with Crippen molar-refractivity contribution >= 4 is 22.9 Å². The molecule has 0 radical (unpaired) electrons. The van der Waals surface area contributed by atoms with E-state index in [1.807, 2.05) is 18.2 Å². The summed E-state index contributed by atoms with van der Waals surface area (Å²) in [5, 5.41) is 11.0. The van der Waals surface area contributed by atoms with Crippen molar-refractivity contribution in [3.63, 3.8) is 0 Å². The first-order valence-electron chi connectivity index (χ1n) is 8.29. The Morgan fingerprint density at radius 3 is 2.54 bits per heavy atom. The number of pyridine rings is 1. The first-order valence-corrected chi connectivity index (χ1v) is 8.29. The van der Waals surface area contributed by atoms with E-state index in [1.165, 1.54) is 12.8 Å². The molecule has 1 aliphatic rings. The minimum Gasteiger partial charge on any atom is -0.361 e. The summed E-state index contributed by atoms with van der Waals surface area (Å²) in [6.45, 7) is 2.53. The molecule has 124 valence electrons. The van der Waals surface area contributed by atoms with Gasteiger partial charge in [0.25, 0.3) is 0 Å². The van der Waals surface area contributed by atoms with E-state index in [1.54, 1.807) is 6.20 Å². The van der Waals surface area contributed by atoms with Gasteiger partial charge < -0.3 is 10.2 Å². The summed E-state index contributed by atoms with van der Waals surface area (Å²) in [6.07, 6.45) is 6.62. The van der Waals surface area contributed by atoms with Crippen molar-refractivity contribution in [2.45, 2.75) is 32.2 Å². The summed E-state index contributed by atoms with van der Waals surface area (Å²) in [5.41, 5.74) is 1.80. The van der Waals surface area contributed by atoms with Crippen LogP contribution < -0.4 is 10.2 Å². The first-order chi connectivity index (χ1) is 11.9. The summed E-state index contributed by atoms with van der Waals surface area (Å²) in [5.74, 6) is 1.52. The predicted octanol–water partition coefficient (Wildman–Crippen LogP) is 2.40. The molecule has 0 bridgehead atoms. The average Bonchev–Trinajstić information content (AvgIpc) is 2.91. The Morgan fingerprint density at radius 1 is 1.00 bits per heavy atom. The smallest absolute Gasteiger partial charge is 0.245 e. The lowest BCUT2D eigenvalue weighted by molar-refractivity contribution is 0.314. The van der Waals surface area contributed by atoms with Gasteiger partial charge in [0, 0.05) is 19.3 Å². The zero-order chi connectivity index (χ0) is 16.2. The maximum absolute atomic E-state index is 4.77. The van der Waals surface area contributed by atoms with Crippen LogP contribution in [0.5, 0.6) is 0 Å². The quantitative estimate of drug-likeness (QED) is 0.781. The first kappa shape index (κ1) is 14.8. The van der Waals surface area contributed by atoms with Gasteiger partial charge in [-0.1, -0.05) is 18.9 Å². The van der Waals surface area contributed by atoms with Crippen LogP contribution in [0.15, 0.2) is 29.0 Å². The third-order valence-corrected chi connectivity index (χ3v) is 4.16. The number of hydrogen-bond donors (Lipinski definition) is 1. The number of aromatic nitrogens is 5. The molecule has 1 aliphatic heterocycles. The molecule has 0 atom stereocenters. The van der Waals surface area contributed by atoms with Crippen LogP contribution in [0.4, 0.5) is 11.6 Å². The van der Waals surface area contributed by atoms with Crippen molar-refractivity contribution in [2.24, 2.45) is 0 Å². The van der Waals surface area contributed by atoms with Crippen LogP contribution in [0.2, 0.25) is 0 Å². The zero-order valence-electron chi connectivity index (χ0n) is 13.4. The summed E-state index contributed by atoms with van der Waals surface area (Å²) in [4.78, 5) is 15.8. The van der Waals surface area contributed by atoms with E-state index in [2.05, 4.69) is 35.5 Å². The molecular weight excluding hydrogens is 306 g/mol. The summed E-state index contributed by atoms with van der Waals surface area (Å²) in [7, 11) is 0. The van der Waals surface area contributed by atoms with Crippen LogP contribution in [-0.2, 0) is 6.54 Å². The zero-order valence-corrected chi connectivity index (χ0v) is 13.4. The Labute approximate surface area is 139 Å². The van der Waals surface area contributed by atoms with Gasteiger partial charge in [0.2, 0.25) is 11.3 Å².